The van der Waals surface area contributed by atoms with E-state index in [9.17, 15) is 18.0 Å². The molecule has 0 aliphatic heterocycles. The third-order valence-corrected chi connectivity index (χ3v) is 4.96. The van der Waals surface area contributed by atoms with E-state index in [-0.39, 0.29) is 11.4 Å². The van der Waals surface area contributed by atoms with Crippen LogP contribution in [0.4, 0.5) is 18.9 Å². The highest BCUT2D eigenvalue weighted by molar-refractivity contribution is 7.99. The molecule has 0 unspecified atom stereocenters. The van der Waals surface area contributed by atoms with Crippen molar-refractivity contribution in [3.05, 3.63) is 58.0 Å². The minimum Gasteiger partial charge on any atom is -0.325 e. The molecule has 26 heavy (non-hydrogen) atoms. The summed E-state index contributed by atoms with van der Waals surface area (Å²) in [5.74, 6) is 0.249. The summed E-state index contributed by atoms with van der Waals surface area (Å²) in [6.07, 6.45) is -3.82. The van der Waals surface area contributed by atoms with Crippen LogP contribution in [0.15, 0.2) is 46.9 Å². The van der Waals surface area contributed by atoms with Crippen molar-refractivity contribution in [3.8, 4) is 0 Å². The molecule has 2 aromatic heterocycles. The number of thiophene rings is 1. The molecule has 1 aromatic carbocycles. The first-order chi connectivity index (χ1) is 12.4. The Morgan fingerprint density at radius 1 is 1.27 bits per heavy atom. The number of amides is 1. The summed E-state index contributed by atoms with van der Waals surface area (Å²) in [6.45, 7) is 0. The number of hydrogen-bond donors (Lipinski definition) is 2. The molecule has 2 N–H and O–H groups in total. The number of carbonyl (C=O) groups excluding carboxylic acids is 1. The zero-order valence-corrected chi connectivity index (χ0v) is 14.8. The van der Waals surface area contributed by atoms with E-state index in [0.717, 1.165) is 28.8 Å². The van der Waals surface area contributed by atoms with Crippen LogP contribution < -0.4 is 5.32 Å². The normalized spacial score (nSPS) is 11.5. The summed E-state index contributed by atoms with van der Waals surface area (Å²) >= 11 is 2.72. The second-order valence-electron chi connectivity index (χ2n) is 5.24. The Bertz CT molecular complexity index is 878. The van der Waals surface area contributed by atoms with Crippen LogP contribution in [0.5, 0.6) is 0 Å². The average Bonchev–Trinajstić information content (AvgIpc) is 3.25. The summed E-state index contributed by atoms with van der Waals surface area (Å²) in [5, 5.41) is 11.7. The quantitative estimate of drug-likeness (QED) is 0.611. The van der Waals surface area contributed by atoms with Crippen LogP contribution in [0.25, 0.3) is 0 Å². The standard InChI is InChI=1S/C16H13F3N4OS2/c17-16(18,19)10-3-1-4-11(7-10)20-14(24)9-26-15-21-13(22-23-15)8-12-5-2-6-25-12/h1-7H,8-9H2,(H,20,24)(H,21,22,23). The van der Waals surface area contributed by atoms with Crippen molar-refractivity contribution in [1.29, 1.82) is 0 Å². The second kappa shape index (κ2) is 7.92. The summed E-state index contributed by atoms with van der Waals surface area (Å²) in [4.78, 5) is 17.4. The first-order valence-electron chi connectivity index (χ1n) is 7.44. The molecule has 3 rings (SSSR count). The van der Waals surface area contributed by atoms with Crippen LogP contribution in [0.1, 0.15) is 16.3 Å². The van der Waals surface area contributed by atoms with Gasteiger partial charge in [-0.3, -0.25) is 9.89 Å². The van der Waals surface area contributed by atoms with Crippen molar-refractivity contribution in [2.24, 2.45) is 0 Å². The Labute approximate surface area is 155 Å². The number of nitrogens with zero attached hydrogens (tertiary/aromatic N) is 2. The SMILES string of the molecule is O=C(CSc1n[nH]c(Cc2cccs2)n1)Nc1cccc(C(F)(F)F)c1. The number of alkyl halides is 3. The number of benzene rings is 1. The first kappa shape index (κ1) is 18.5. The summed E-state index contributed by atoms with van der Waals surface area (Å²) < 4.78 is 38.0. The zero-order valence-electron chi connectivity index (χ0n) is 13.2. The molecule has 0 bridgehead atoms. The number of halogens is 3. The molecule has 0 aliphatic carbocycles. The van der Waals surface area contributed by atoms with E-state index in [0.29, 0.717) is 17.4 Å². The van der Waals surface area contributed by atoms with E-state index in [1.165, 1.54) is 12.1 Å². The molecular weight excluding hydrogens is 385 g/mol. The molecular formula is C16H13F3N4OS2. The highest BCUT2D eigenvalue weighted by Crippen LogP contribution is 2.30. The molecule has 10 heteroatoms. The molecule has 3 aromatic rings. The summed E-state index contributed by atoms with van der Waals surface area (Å²) in [6, 6.07) is 8.44. The smallest absolute Gasteiger partial charge is 0.325 e. The van der Waals surface area contributed by atoms with Gasteiger partial charge in [0.05, 0.1) is 11.3 Å². The summed E-state index contributed by atoms with van der Waals surface area (Å²) in [5.41, 5.74) is -0.714. The fourth-order valence-corrected chi connectivity index (χ4v) is 3.43. The number of anilines is 1. The Balaban J connectivity index is 1.52. The van der Waals surface area contributed by atoms with E-state index in [1.807, 2.05) is 17.5 Å². The number of rotatable bonds is 6. The van der Waals surface area contributed by atoms with Gasteiger partial charge >= 0.3 is 6.18 Å². The van der Waals surface area contributed by atoms with Crippen molar-refractivity contribution >= 4 is 34.7 Å². The number of aromatic amines is 1. The second-order valence-corrected chi connectivity index (χ2v) is 7.21. The van der Waals surface area contributed by atoms with Gasteiger partial charge in [-0.25, -0.2) is 4.98 Å². The molecule has 0 aliphatic rings. The van der Waals surface area contributed by atoms with E-state index in [1.54, 1.807) is 11.3 Å². The van der Waals surface area contributed by atoms with E-state index in [2.05, 4.69) is 20.5 Å². The van der Waals surface area contributed by atoms with Crippen LogP contribution in [0.2, 0.25) is 0 Å². The number of carbonyl (C=O) groups is 1. The van der Waals surface area contributed by atoms with Crippen molar-refractivity contribution in [2.75, 3.05) is 11.1 Å². The largest absolute Gasteiger partial charge is 0.416 e. The van der Waals surface area contributed by atoms with Gasteiger partial charge in [0.1, 0.15) is 5.82 Å². The molecule has 0 radical (unpaired) electrons. The number of thioether (sulfide) groups is 1. The van der Waals surface area contributed by atoms with Gasteiger partial charge in [0.2, 0.25) is 11.1 Å². The maximum atomic E-state index is 12.7. The Morgan fingerprint density at radius 2 is 2.12 bits per heavy atom. The molecule has 136 valence electrons. The number of hydrogen-bond acceptors (Lipinski definition) is 5. The van der Waals surface area contributed by atoms with Crippen LogP contribution in [-0.4, -0.2) is 26.8 Å². The zero-order chi connectivity index (χ0) is 18.6. The fraction of sp³-hybridized carbons (Fsp3) is 0.188. The number of H-pyrrole nitrogens is 1. The third kappa shape index (κ3) is 5.09. The van der Waals surface area contributed by atoms with Crippen molar-refractivity contribution in [1.82, 2.24) is 15.2 Å². The maximum absolute atomic E-state index is 12.7. The van der Waals surface area contributed by atoms with Gasteiger partial charge in [-0.05, 0) is 29.6 Å². The number of aromatic nitrogens is 3. The van der Waals surface area contributed by atoms with Crippen molar-refractivity contribution < 1.29 is 18.0 Å². The lowest BCUT2D eigenvalue weighted by atomic mass is 10.2. The molecule has 1 amide bonds. The summed E-state index contributed by atoms with van der Waals surface area (Å²) in [7, 11) is 0. The number of nitrogens with one attached hydrogen (secondary N) is 2. The molecule has 0 spiro atoms. The first-order valence-corrected chi connectivity index (χ1v) is 9.30. The fourth-order valence-electron chi connectivity index (χ4n) is 2.10. The van der Waals surface area contributed by atoms with Gasteiger partial charge in [-0.2, -0.15) is 13.2 Å². The Morgan fingerprint density at radius 3 is 2.85 bits per heavy atom. The van der Waals surface area contributed by atoms with Gasteiger partial charge in [0, 0.05) is 17.0 Å². The predicted octanol–water partition coefficient (Wildman–Crippen LogP) is 4.21. The van der Waals surface area contributed by atoms with Gasteiger partial charge in [-0.15, -0.1) is 16.4 Å². The van der Waals surface area contributed by atoms with Gasteiger partial charge in [-0.1, -0.05) is 23.9 Å². The predicted molar refractivity (Wildman–Crippen MR) is 94.3 cm³/mol. The highest BCUT2D eigenvalue weighted by Gasteiger charge is 2.30. The van der Waals surface area contributed by atoms with Crippen LogP contribution >= 0.6 is 23.1 Å². The van der Waals surface area contributed by atoms with Gasteiger partial charge in [0.25, 0.3) is 0 Å². The maximum Gasteiger partial charge on any atom is 0.416 e. The molecule has 5 nitrogen and oxygen atoms in total. The minimum absolute atomic E-state index is 0.00740. The average molecular weight is 398 g/mol. The van der Waals surface area contributed by atoms with Crippen LogP contribution in [-0.2, 0) is 17.4 Å². The van der Waals surface area contributed by atoms with Crippen LogP contribution in [0, 0.1) is 0 Å². The van der Waals surface area contributed by atoms with Crippen LogP contribution in [0.3, 0.4) is 0 Å². The van der Waals surface area contributed by atoms with Crippen molar-refractivity contribution in [2.45, 2.75) is 17.8 Å². The third-order valence-electron chi connectivity index (χ3n) is 3.24. The molecule has 0 fully saturated rings. The van der Waals surface area contributed by atoms with Crippen molar-refractivity contribution in [3.63, 3.8) is 0 Å². The molecule has 0 saturated heterocycles. The highest BCUT2D eigenvalue weighted by atomic mass is 32.2. The van der Waals surface area contributed by atoms with E-state index < -0.39 is 17.6 Å². The molecule has 0 saturated carbocycles. The Hall–Kier alpha value is -2.33. The lowest BCUT2D eigenvalue weighted by Crippen LogP contribution is -2.15. The Kier molecular flexibility index (Phi) is 5.62. The van der Waals surface area contributed by atoms with Gasteiger partial charge in [0.15, 0.2) is 0 Å². The lowest BCUT2D eigenvalue weighted by molar-refractivity contribution is -0.137. The minimum atomic E-state index is -4.45. The molecule has 0 atom stereocenters. The lowest BCUT2D eigenvalue weighted by Gasteiger charge is -2.09. The van der Waals surface area contributed by atoms with E-state index >= 15 is 0 Å². The molecule has 2 heterocycles. The topological polar surface area (TPSA) is 70.7 Å². The van der Waals surface area contributed by atoms with E-state index in [4.69, 9.17) is 0 Å². The monoisotopic (exact) mass is 398 g/mol. The van der Waals surface area contributed by atoms with Gasteiger partial charge < -0.3 is 5.32 Å².